The molecule has 0 spiro atoms. The van der Waals surface area contributed by atoms with Gasteiger partial charge in [0.25, 0.3) is 5.56 Å². The van der Waals surface area contributed by atoms with E-state index in [4.69, 9.17) is 0 Å². The van der Waals surface area contributed by atoms with Crippen LogP contribution in [0.4, 0.5) is 13.2 Å². The van der Waals surface area contributed by atoms with Crippen molar-refractivity contribution in [1.82, 2.24) is 19.7 Å². The van der Waals surface area contributed by atoms with E-state index in [1.54, 1.807) is 4.98 Å². The molecule has 0 radical (unpaired) electrons. The van der Waals surface area contributed by atoms with Gasteiger partial charge in [-0.2, -0.15) is 18.3 Å². The van der Waals surface area contributed by atoms with Crippen LogP contribution in [-0.4, -0.2) is 19.7 Å². The van der Waals surface area contributed by atoms with Gasteiger partial charge < -0.3 is 4.98 Å². The molecule has 0 aliphatic heterocycles. The van der Waals surface area contributed by atoms with Crippen molar-refractivity contribution in [2.24, 2.45) is 7.05 Å². The van der Waals surface area contributed by atoms with E-state index in [1.165, 1.54) is 11.7 Å². The Morgan fingerprint density at radius 3 is 2.61 bits per heavy atom. The predicted octanol–water partition coefficient (Wildman–Crippen LogP) is 1.63. The van der Waals surface area contributed by atoms with Gasteiger partial charge in [-0.25, -0.2) is 4.98 Å². The number of rotatable bonds is 2. The van der Waals surface area contributed by atoms with Crippen molar-refractivity contribution in [1.29, 1.82) is 0 Å². The van der Waals surface area contributed by atoms with Crippen LogP contribution >= 0.6 is 0 Å². The first-order valence-electron chi connectivity index (χ1n) is 5.37. The Bertz CT molecular complexity index is 641. The molecule has 0 saturated heterocycles. The molecule has 0 bridgehead atoms. The molecule has 0 saturated carbocycles. The minimum Gasteiger partial charge on any atom is -0.301 e. The van der Waals surface area contributed by atoms with Crippen LogP contribution in [0.2, 0.25) is 0 Å². The third-order valence-corrected chi connectivity index (χ3v) is 2.52. The lowest BCUT2D eigenvalue weighted by molar-refractivity contribution is -0.144. The highest BCUT2D eigenvalue weighted by molar-refractivity contribution is 5.76. The lowest BCUT2D eigenvalue weighted by Crippen LogP contribution is -2.20. The molecule has 2 aromatic heterocycles. The highest BCUT2D eigenvalue weighted by Crippen LogP contribution is 2.26. The first-order valence-corrected chi connectivity index (χ1v) is 5.37. The number of fused-ring (bicyclic) bond motifs is 1. The zero-order valence-electron chi connectivity index (χ0n) is 9.80. The molecule has 0 aliphatic carbocycles. The minimum atomic E-state index is -4.67. The van der Waals surface area contributed by atoms with Gasteiger partial charge in [-0.1, -0.05) is 13.3 Å². The zero-order valence-corrected chi connectivity index (χ0v) is 9.80. The van der Waals surface area contributed by atoms with Gasteiger partial charge >= 0.3 is 6.18 Å². The number of aryl methyl sites for hydroxylation is 2. The van der Waals surface area contributed by atoms with Crippen LogP contribution in [0, 0.1) is 0 Å². The number of H-pyrrole nitrogens is 1. The zero-order chi connectivity index (χ0) is 13.5. The fourth-order valence-electron chi connectivity index (χ4n) is 1.79. The van der Waals surface area contributed by atoms with Crippen molar-refractivity contribution >= 4 is 11.0 Å². The van der Waals surface area contributed by atoms with Gasteiger partial charge in [0, 0.05) is 7.05 Å². The van der Waals surface area contributed by atoms with Gasteiger partial charge in [-0.3, -0.25) is 9.48 Å². The van der Waals surface area contributed by atoms with E-state index in [9.17, 15) is 18.0 Å². The van der Waals surface area contributed by atoms with Crippen molar-refractivity contribution in [3.05, 3.63) is 21.9 Å². The van der Waals surface area contributed by atoms with E-state index in [2.05, 4.69) is 10.1 Å². The normalized spacial score (nSPS) is 12.3. The largest absolute Gasteiger partial charge is 0.449 e. The maximum absolute atomic E-state index is 12.6. The molecule has 8 heteroatoms. The quantitative estimate of drug-likeness (QED) is 0.892. The average molecular weight is 260 g/mol. The van der Waals surface area contributed by atoms with Gasteiger partial charge in [0.1, 0.15) is 5.52 Å². The van der Waals surface area contributed by atoms with Gasteiger partial charge in [0.15, 0.2) is 5.52 Å². The molecular weight excluding hydrogens is 249 g/mol. The molecule has 1 N–H and O–H groups in total. The Balaban J connectivity index is 2.77. The Kier molecular flexibility index (Phi) is 2.88. The average Bonchev–Trinajstić information content (AvgIpc) is 2.55. The number of nitrogens with one attached hydrogen (secondary N) is 1. The topological polar surface area (TPSA) is 63.6 Å². The molecule has 5 nitrogen and oxygen atoms in total. The maximum Gasteiger partial charge on any atom is 0.449 e. The van der Waals surface area contributed by atoms with Crippen molar-refractivity contribution in [2.75, 3.05) is 0 Å². The van der Waals surface area contributed by atoms with Crippen LogP contribution in [0.25, 0.3) is 11.0 Å². The van der Waals surface area contributed by atoms with Crippen molar-refractivity contribution in [2.45, 2.75) is 25.9 Å². The molecule has 2 rings (SSSR count). The lowest BCUT2D eigenvalue weighted by Gasteiger charge is -2.04. The van der Waals surface area contributed by atoms with Crippen LogP contribution in [0.1, 0.15) is 24.9 Å². The molecule has 0 amide bonds. The van der Waals surface area contributed by atoms with Gasteiger partial charge in [0.05, 0.1) is 5.69 Å². The number of alkyl halides is 3. The van der Waals surface area contributed by atoms with Crippen LogP contribution in [0.3, 0.4) is 0 Å². The van der Waals surface area contributed by atoms with Gasteiger partial charge in [-0.05, 0) is 6.42 Å². The molecule has 0 atom stereocenters. The third-order valence-electron chi connectivity index (χ3n) is 2.52. The second-order valence-electron chi connectivity index (χ2n) is 3.93. The highest BCUT2D eigenvalue weighted by atomic mass is 19.4. The summed E-state index contributed by atoms with van der Waals surface area (Å²) >= 11 is 0. The summed E-state index contributed by atoms with van der Waals surface area (Å²) in [5, 5.41) is 4.03. The summed E-state index contributed by atoms with van der Waals surface area (Å²) < 4.78 is 38.9. The van der Waals surface area contributed by atoms with Gasteiger partial charge in [-0.15, -0.1) is 0 Å². The predicted molar refractivity (Wildman–Crippen MR) is 58.1 cm³/mol. The second kappa shape index (κ2) is 4.11. The monoisotopic (exact) mass is 260 g/mol. The first-order chi connectivity index (χ1) is 8.34. The first kappa shape index (κ1) is 12.6. The van der Waals surface area contributed by atoms with E-state index in [1.807, 2.05) is 6.92 Å². The molecule has 2 aromatic rings. The van der Waals surface area contributed by atoms with Crippen molar-refractivity contribution in [3.8, 4) is 0 Å². The summed E-state index contributed by atoms with van der Waals surface area (Å²) in [6, 6.07) is 0. The number of aromatic nitrogens is 4. The summed E-state index contributed by atoms with van der Waals surface area (Å²) in [4.78, 5) is 16.8. The Morgan fingerprint density at radius 2 is 2.06 bits per heavy atom. The Hall–Kier alpha value is -1.86. The maximum atomic E-state index is 12.6. The SMILES string of the molecule is CCCc1nn(C)c2c(=O)[nH]c(C(F)(F)F)nc12. The summed E-state index contributed by atoms with van der Waals surface area (Å²) in [5.74, 6) is -1.29. The summed E-state index contributed by atoms with van der Waals surface area (Å²) in [6.45, 7) is 1.87. The summed E-state index contributed by atoms with van der Waals surface area (Å²) in [6.07, 6.45) is -3.49. The number of aromatic amines is 1. The number of halogens is 3. The smallest absolute Gasteiger partial charge is 0.301 e. The molecule has 0 unspecified atom stereocenters. The molecule has 0 fully saturated rings. The van der Waals surface area contributed by atoms with Crippen molar-refractivity contribution in [3.63, 3.8) is 0 Å². The minimum absolute atomic E-state index is 0.0235. The van der Waals surface area contributed by atoms with E-state index < -0.39 is 17.6 Å². The summed E-state index contributed by atoms with van der Waals surface area (Å²) in [7, 11) is 1.51. The molecule has 98 valence electrons. The third kappa shape index (κ3) is 1.98. The van der Waals surface area contributed by atoms with E-state index in [0.29, 0.717) is 18.5 Å². The van der Waals surface area contributed by atoms with Crippen LogP contribution in [-0.2, 0) is 19.6 Å². The van der Waals surface area contributed by atoms with Crippen LogP contribution in [0.15, 0.2) is 4.79 Å². The molecule has 0 aliphatic rings. The van der Waals surface area contributed by atoms with Gasteiger partial charge in [0.2, 0.25) is 5.82 Å². The molecule has 18 heavy (non-hydrogen) atoms. The fraction of sp³-hybridized carbons (Fsp3) is 0.500. The lowest BCUT2D eigenvalue weighted by atomic mass is 10.2. The molecular formula is C10H11F3N4O. The molecule has 2 heterocycles. The Labute approximate surface area is 99.6 Å². The molecule has 0 aromatic carbocycles. The summed E-state index contributed by atoms with van der Waals surface area (Å²) in [5.41, 5.74) is -0.335. The fourth-order valence-corrected chi connectivity index (χ4v) is 1.79. The highest BCUT2D eigenvalue weighted by Gasteiger charge is 2.35. The number of hydrogen-bond donors (Lipinski definition) is 1. The Morgan fingerprint density at radius 1 is 1.39 bits per heavy atom. The van der Waals surface area contributed by atoms with E-state index in [0.717, 1.165) is 0 Å². The second-order valence-corrected chi connectivity index (χ2v) is 3.93. The van der Waals surface area contributed by atoms with E-state index >= 15 is 0 Å². The van der Waals surface area contributed by atoms with Crippen LogP contribution in [0.5, 0.6) is 0 Å². The van der Waals surface area contributed by atoms with E-state index in [-0.39, 0.29) is 11.0 Å². The number of nitrogens with zero attached hydrogens (tertiary/aromatic N) is 3. The standard InChI is InChI=1S/C10H11F3N4O/c1-3-4-5-6-7(17(2)16-5)8(18)15-9(14-6)10(11,12)13/h3-4H2,1-2H3,(H,14,15,18). The number of hydrogen-bond acceptors (Lipinski definition) is 3. The van der Waals surface area contributed by atoms with Crippen molar-refractivity contribution < 1.29 is 13.2 Å². The van der Waals surface area contributed by atoms with Crippen LogP contribution < -0.4 is 5.56 Å².